The van der Waals surface area contributed by atoms with Crippen LogP contribution in [-0.2, 0) is 14.9 Å². The van der Waals surface area contributed by atoms with Gasteiger partial charge in [0.15, 0.2) is 0 Å². The summed E-state index contributed by atoms with van der Waals surface area (Å²) in [6, 6.07) is 8.30. The summed E-state index contributed by atoms with van der Waals surface area (Å²) >= 11 is 3.53. The topological polar surface area (TPSA) is 64.4 Å². The summed E-state index contributed by atoms with van der Waals surface area (Å²) in [5.74, 6) is -0.122. The quantitative estimate of drug-likeness (QED) is 0.872. The third-order valence-electron chi connectivity index (χ3n) is 4.06. The molecule has 5 heteroatoms. The molecule has 1 fully saturated rings. The zero-order chi connectivity index (χ0) is 15.5. The highest BCUT2D eigenvalue weighted by Crippen LogP contribution is 2.35. The fourth-order valence-corrected chi connectivity index (χ4v) is 3.02. The summed E-state index contributed by atoms with van der Waals surface area (Å²) in [7, 11) is 0. The van der Waals surface area contributed by atoms with Crippen LogP contribution in [0.3, 0.4) is 0 Å². The van der Waals surface area contributed by atoms with Crippen molar-refractivity contribution < 1.29 is 9.53 Å². The number of carbonyl (C=O) groups excluding carboxylic acids is 1. The Bertz CT molecular complexity index is 505. The molecule has 1 heterocycles. The zero-order valence-corrected chi connectivity index (χ0v) is 14.2. The van der Waals surface area contributed by atoms with E-state index in [0.29, 0.717) is 19.8 Å². The van der Waals surface area contributed by atoms with Gasteiger partial charge in [-0.25, -0.2) is 0 Å². The molecule has 2 rings (SSSR count). The van der Waals surface area contributed by atoms with Crippen LogP contribution in [0.4, 0.5) is 0 Å². The second-order valence-electron chi connectivity index (χ2n) is 6.31. The largest absolute Gasteiger partial charge is 0.381 e. The van der Waals surface area contributed by atoms with Crippen LogP contribution in [0.15, 0.2) is 28.7 Å². The van der Waals surface area contributed by atoms with Crippen molar-refractivity contribution >= 4 is 21.8 Å². The van der Waals surface area contributed by atoms with Gasteiger partial charge < -0.3 is 15.8 Å². The molecule has 4 nitrogen and oxygen atoms in total. The van der Waals surface area contributed by atoms with E-state index in [0.717, 1.165) is 17.3 Å². The predicted octanol–water partition coefficient (Wildman–Crippen LogP) is 2.35. The average Bonchev–Trinajstić information content (AvgIpc) is 2.45. The molecule has 0 aromatic heterocycles. The highest BCUT2D eigenvalue weighted by Gasteiger charge is 2.36. The molecule has 0 bridgehead atoms. The molecule has 1 aliphatic heterocycles. The van der Waals surface area contributed by atoms with Gasteiger partial charge in [0.2, 0.25) is 5.91 Å². The van der Waals surface area contributed by atoms with Crippen molar-refractivity contribution in [1.29, 1.82) is 0 Å². The van der Waals surface area contributed by atoms with E-state index in [1.807, 2.05) is 12.1 Å². The minimum Gasteiger partial charge on any atom is -0.381 e. The average molecular weight is 355 g/mol. The summed E-state index contributed by atoms with van der Waals surface area (Å²) in [6.45, 7) is 5.46. The molecule has 0 aliphatic carbocycles. The fraction of sp³-hybridized carbons (Fsp3) is 0.562. The number of hydrogen-bond acceptors (Lipinski definition) is 3. The van der Waals surface area contributed by atoms with Crippen LogP contribution in [0.2, 0.25) is 0 Å². The molecular weight excluding hydrogens is 332 g/mol. The molecule has 1 aromatic rings. The van der Waals surface area contributed by atoms with E-state index in [4.69, 9.17) is 10.5 Å². The van der Waals surface area contributed by atoms with Gasteiger partial charge in [0, 0.05) is 29.6 Å². The van der Waals surface area contributed by atoms with E-state index < -0.39 is 5.54 Å². The lowest BCUT2D eigenvalue weighted by Gasteiger charge is -2.38. The molecule has 1 aliphatic rings. The first-order valence-corrected chi connectivity index (χ1v) is 8.04. The van der Waals surface area contributed by atoms with Crippen molar-refractivity contribution in [3.05, 3.63) is 34.3 Å². The number of halogens is 1. The van der Waals surface area contributed by atoms with E-state index in [9.17, 15) is 4.79 Å². The highest BCUT2D eigenvalue weighted by molar-refractivity contribution is 9.10. The van der Waals surface area contributed by atoms with Crippen LogP contribution in [0.5, 0.6) is 0 Å². The lowest BCUT2D eigenvalue weighted by Crippen LogP contribution is -2.53. The number of nitrogens with two attached hydrogens (primary N) is 1. The van der Waals surface area contributed by atoms with E-state index in [1.165, 1.54) is 5.56 Å². The third kappa shape index (κ3) is 4.05. The van der Waals surface area contributed by atoms with Crippen LogP contribution >= 0.6 is 15.9 Å². The normalized spacial score (nSPS) is 18.3. The van der Waals surface area contributed by atoms with Gasteiger partial charge in [0.05, 0.1) is 5.54 Å². The van der Waals surface area contributed by atoms with Crippen molar-refractivity contribution in [2.75, 3.05) is 19.8 Å². The minimum absolute atomic E-state index is 0.0804. The number of hydrogen-bond donors (Lipinski definition) is 2. The SMILES string of the molecule is CC(C)(N)C(=O)NCC1(c2cccc(Br)c2)CCOCC1. The minimum atomic E-state index is -0.858. The first-order chi connectivity index (χ1) is 9.83. The van der Waals surface area contributed by atoms with Gasteiger partial charge in [0.1, 0.15) is 0 Å². The van der Waals surface area contributed by atoms with E-state index in [-0.39, 0.29) is 11.3 Å². The number of carbonyl (C=O) groups is 1. The van der Waals surface area contributed by atoms with Crippen molar-refractivity contribution in [3.63, 3.8) is 0 Å². The lowest BCUT2D eigenvalue weighted by atomic mass is 9.74. The Balaban J connectivity index is 2.20. The zero-order valence-electron chi connectivity index (χ0n) is 12.6. The molecule has 0 spiro atoms. The number of ether oxygens (including phenoxy) is 1. The Morgan fingerprint density at radius 3 is 2.67 bits per heavy atom. The van der Waals surface area contributed by atoms with Gasteiger partial charge in [-0.15, -0.1) is 0 Å². The van der Waals surface area contributed by atoms with Crippen LogP contribution in [-0.4, -0.2) is 31.2 Å². The Kier molecular flexibility index (Phi) is 5.07. The van der Waals surface area contributed by atoms with Gasteiger partial charge in [-0.1, -0.05) is 28.1 Å². The molecule has 1 aromatic carbocycles. The summed E-state index contributed by atoms with van der Waals surface area (Å²) in [5.41, 5.74) is 6.15. The first kappa shape index (κ1) is 16.5. The summed E-state index contributed by atoms with van der Waals surface area (Å²) < 4.78 is 6.55. The second kappa shape index (κ2) is 6.46. The number of benzene rings is 1. The van der Waals surface area contributed by atoms with E-state index >= 15 is 0 Å². The van der Waals surface area contributed by atoms with E-state index in [2.05, 4.69) is 33.4 Å². The maximum absolute atomic E-state index is 12.1. The van der Waals surface area contributed by atoms with Crippen LogP contribution < -0.4 is 11.1 Å². The Hall–Kier alpha value is -0.910. The molecular formula is C16H23BrN2O2. The molecule has 0 saturated carbocycles. The Morgan fingerprint density at radius 2 is 2.10 bits per heavy atom. The van der Waals surface area contributed by atoms with Crippen molar-refractivity contribution in [1.82, 2.24) is 5.32 Å². The summed E-state index contributed by atoms with van der Waals surface area (Å²) in [6.07, 6.45) is 1.80. The molecule has 1 saturated heterocycles. The second-order valence-corrected chi connectivity index (χ2v) is 7.22. The summed E-state index contributed by atoms with van der Waals surface area (Å²) in [5, 5.41) is 3.02. The van der Waals surface area contributed by atoms with Gasteiger partial charge in [-0.3, -0.25) is 4.79 Å². The van der Waals surface area contributed by atoms with Gasteiger partial charge in [-0.2, -0.15) is 0 Å². The van der Waals surface area contributed by atoms with Crippen molar-refractivity contribution in [2.24, 2.45) is 5.73 Å². The molecule has 1 amide bonds. The molecule has 0 atom stereocenters. The lowest BCUT2D eigenvalue weighted by molar-refractivity contribution is -0.125. The molecule has 0 radical (unpaired) electrons. The van der Waals surface area contributed by atoms with Gasteiger partial charge >= 0.3 is 0 Å². The first-order valence-electron chi connectivity index (χ1n) is 7.24. The van der Waals surface area contributed by atoms with Crippen LogP contribution in [0.1, 0.15) is 32.3 Å². The number of amides is 1. The smallest absolute Gasteiger partial charge is 0.239 e. The number of nitrogens with one attached hydrogen (secondary N) is 1. The third-order valence-corrected chi connectivity index (χ3v) is 4.55. The monoisotopic (exact) mass is 354 g/mol. The molecule has 21 heavy (non-hydrogen) atoms. The Labute approximate surface area is 134 Å². The maximum Gasteiger partial charge on any atom is 0.239 e. The summed E-state index contributed by atoms with van der Waals surface area (Å²) in [4.78, 5) is 12.1. The van der Waals surface area contributed by atoms with Gasteiger partial charge in [0.25, 0.3) is 0 Å². The standard InChI is InChI=1S/C16H23BrN2O2/c1-15(2,18)14(20)19-11-16(6-8-21-9-7-16)12-4-3-5-13(17)10-12/h3-5,10H,6-9,11,18H2,1-2H3,(H,19,20). The molecule has 116 valence electrons. The van der Waals surface area contributed by atoms with Crippen molar-refractivity contribution in [2.45, 2.75) is 37.6 Å². The molecule has 0 unspecified atom stereocenters. The maximum atomic E-state index is 12.1. The van der Waals surface area contributed by atoms with Crippen molar-refractivity contribution in [3.8, 4) is 0 Å². The highest BCUT2D eigenvalue weighted by atomic mass is 79.9. The number of rotatable bonds is 4. The molecule has 3 N–H and O–H groups in total. The predicted molar refractivity (Wildman–Crippen MR) is 87.1 cm³/mol. The van der Waals surface area contributed by atoms with E-state index in [1.54, 1.807) is 13.8 Å². The fourth-order valence-electron chi connectivity index (χ4n) is 2.63. The Morgan fingerprint density at radius 1 is 1.43 bits per heavy atom. The van der Waals surface area contributed by atoms with Gasteiger partial charge in [-0.05, 0) is 44.4 Å². The van der Waals surface area contributed by atoms with Crippen LogP contribution in [0, 0.1) is 0 Å². The van der Waals surface area contributed by atoms with Crippen LogP contribution in [0.25, 0.3) is 0 Å².